The third-order valence-electron chi connectivity index (χ3n) is 0.839. The zero-order chi connectivity index (χ0) is 8.69. The van der Waals surface area contributed by atoms with Crippen LogP contribution in [0.25, 0.3) is 0 Å². The minimum absolute atomic E-state index is 0.0203. The van der Waals surface area contributed by atoms with E-state index in [0.29, 0.717) is 0 Å². The van der Waals surface area contributed by atoms with Crippen molar-refractivity contribution in [1.29, 1.82) is 0 Å². The molecule has 0 saturated carbocycles. The topological polar surface area (TPSA) is 78.8 Å². The first kappa shape index (κ1) is 9.93. The van der Waals surface area contributed by atoms with Gasteiger partial charge in [-0.1, -0.05) is 0 Å². The molecule has 0 amide bonds. The number of aliphatic hydroxyl groups is 2. The van der Waals surface area contributed by atoms with Crippen molar-refractivity contribution in [2.75, 3.05) is 13.7 Å². The maximum Gasteiger partial charge on any atom is 0.331 e. The maximum atomic E-state index is 10.4. The molecule has 0 radical (unpaired) electrons. The molecule has 0 aromatic heterocycles. The van der Waals surface area contributed by atoms with Gasteiger partial charge in [0, 0.05) is 12.3 Å². The van der Waals surface area contributed by atoms with Crippen molar-refractivity contribution in [3.63, 3.8) is 0 Å². The van der Waals surface area contributed by atoms with Crippen molar-refractivity contribution >= 4 is 5.97 Å². The summed E-state index contributed by atoms with van der Waals surface area (Å²) in [5, 5.41) is 19.1. The number of esters is 1. The molecule has 0 spiro atoms. The van der Waals surface area contributed by atoms with Crippen molar-refractivity contribution in [2.45, 2.75) is 6.29 Å². The second-order valence-corrected chi connectivity index (χ2v) is 1.75. The Morgan fingerprint density at radius 1 is 1.73 bits per heavy atom. The second-order valence-electron chi connectivity index (χ2n) is 1.75. The third-order valence-corrected chi connectivity index (χ3v) is 0.839. The molecule has 0 heterocycles. The summed E-state index contributed by atoms with van der Waals surface area (Å²) in [4.78, 5) is 10.4. The van der Waals surface area contributed by atoms with Gasteiger partial charge in [0.25, 0.3) is 0 Å². The highest BCUT2D eigenvalue weighted by atomic mass is 16.5. The first-order valence-electron chi connectivity index (χ1n) is 3.01. The minimum Gasteiger partial charge on any atom is -0.466 e. The summed E-state index contributed by atoms with van der Waals surface area (Å²) in [6.45, 7) is -0.0203. The van der Waals surface area contributed by atoms with Gasteiger partial charge in [-0.2, -0.15) is 0 Å². The average Bonchev–Trinajstić information content (AvgIpc) is 1.97. The third kappa shape index (κ3) is 6.82. The predicted octanol–water partition coefficient (Wildman–Crippen LogP) is -1.43. The van der Waals surface area contributed by atoms with E-state index in [1.807, 2.05) is 0 Å². The lowest BCUT2D eigenvalue weighted by molar-refractivity contribution is -0.134. The van der Waals surface area contributed by atoms with Gasteiger partial charge in [0.15, 0.2) is 6.29 Å². The summed E-state index contributed by atoms with van der Waals surface area (Å²) in [6.07, 6.45) is 1.01. The van der Waals surface area contributed by atoms with E-state index in [-0.39, 0.29) is 6.54 Å². The van der Waals surface area contributed by atoms with Crippen LogP contribution in [0.2, 0.25) is 0 Å². The fourth-order valence-corrected chi connectivity index (χ4v) is 0.368. The zero-order valence-electron chi connectivity index (χ0n) is 6.15. The van der Waals surface area contributed by atoms with E-state index in [0.717, 1.165) is 6.08 Å². The molecule has 0 saturated heterocycles. The van der Waals surface area contributed by atoms with Crippen LogP contribution in [0.1, 0.15) is 0 Å². The van der Waals surface area contributed by atoms with E-state index in [9.17, 15) is 4.79 Å². The normalized spacial score (nSPS) is 10.5. The lowest BCUT2D eigenvalue weighted by Crippen LogP contribution is -2.22. The molecular weight excluding hydrogens is 150 g/mol. The highest BCUT2D eigenvalue weighted by molar-refractivity contribution is 5.81. The van der Waals surface area contributed by atoms with Crippen molar-refractivity contribution < 1.29 is 19.7 Å². The molecule has 0 aliphatic rings. The Morgan fingerprint density at radius 3 is 2.82 bits per heavy atom. The van der Waals surface area contributed by atoms with Crippen molar-refractivity contribution in [3.05, 3.63) is 12.3 Å². The Kier molecular flexibility index (Phi) is 5.14. The van der Waals surface area contributed by atoms with Gasteiger partial charge in [-0.05, 0) is 0 Å². The minimum atomic E-state index is -1.42. The van der Waals surface area contributed by atoms with Crippen molar-refractivity contribution in [1.82, 2.24) is 5.32 Å². The van der Waals surface area contributed by atoms with Crippen LogP contribution in [0.15, 0.2) is 12.3 Å². The molecule has 0 fully saturated rings. The van der Waals surface area contributed by atoms with Crippen LogP contribution in [0, 0.1) is 0 Å². The first-order valence-corrected chi connectivity index (χ1v) is 3.01. The van der Waals surface area contributed by atoms with E-state index in [1.165, 1.54) is 13.3 Å². The molecule has 3 N–H and O–H groups in total. The quantitative estimate of drug-likeness (QED) is 0.268. The SMILES string of the molecule is COC(=O)C=CNCC(O)O. The second kappa shape index (κ2) is 5.70. The summed E-state index contributed by atoms with van der Waals surface area (Å²) in [7, 11) is 1.26. The van der Waals surface area contributed by atoms with E-state index >= 15 is 0 Å². The van der Waals surface area contributed by atoms with Gasteiger partial charge in [0.1, 0.15) is 0 Å². The summed E-state index contributed by atoms with van der Waals surface area (Å²) in [5.74, 6) is -0.495. The van der Waals surface area contributed by atoms with Gasteiger partial charge in [-0.25, -0.2) is 4.79 Å². The Morgan fingerprint density at radius 2 is 2.36 bits per heavy atom. The summed E-state index contributed by atoms with van der Waals surface area (Å²) in [6, 6.07) is 0. The summed E-state index contributed by atoms with van der Waals surface area (Å²) >= 11 is 0. The molecule has 5 nitrogen and oxygen atoms in total. The van der Waals surface area contributed by atoms with Crippen LogP contribution in [0.4, 0.5) is 0 Å². The Hall–Kier alpha value is -1.07. The number of methoxy groups -OCH3 is 1. The molecule has 0 aromatic rings. The average molecular weight is 161 g/mol. The molecule has 0 bridgehead atoms. The molecule has 0 aromatic carbocycles. The van der Waals surface area contributed by atoms with Crippen LogP contribution in [-0.2, 0) is 9.53 Å². The summed E-state index contributed by atoms with van der Waals surface area (Å²) in [5.41, 5.74) is 0. The molecule has 0 atom stereocenters. The molecule has 64 valence electrons. The highest BCUT2D eigenvalue weighted by Gasteiger charge is 1.92. The van der Waals surface area contributed by atoms with E-state index in [1.54, 1.807) is 0 Å². The predicted molar refractivity (Wildman–Crippen MR) is 37.4 cm³/mol. The highest BCUT2D eigenvalue weighted by Crippen LogP contribution is 1.75. The Labute approximate surface area is 64.3 Å². The molecule has 0 rings (SSSR count). The molecule has 0 unspecified atom stereocenters. The zero-order valence-corrected chi connectivity index (χ0v) is 6.15. The first-order chi connectivity index (χ1) is 5.16. The van der Waals surface area contributed by atoms with Crippen molar-refractivity contribution in [3.8, 4) is 0 Å². The van der Waals surface area contributed by atoms with Gasteiger partial charge < -0.3 is 20.3 Å². The van der Waals surface area contributed by atoms with Crippen LogP contribution in [-0.4, -0.2) is 36.1 Å². The Bertz CT molecular complexity index is 144. The molecule has 0 aliphatic carbocycles. The molecular formula is C6H11NO4. The van der Waals surface area contributed by atoms with Gasteiger partial charge in [0.05, 0.1) is 13.7 Å². The van der Waals surface area contributed by atoms with E-state index in [4.69, 9.17) is 10.2 Å². The number of hydrogen-bond donors (Lipinski definition) is 3. The number of rotatable bonds is 4. The van der Waals surface area contributed by atoms with Crippen LogP contribution in [0.5, 0.6) is 0 Å². The summed E-state index contributed by atoms with van der Waals surface area (Å²) < 4.78 is 4.27. The fourth-order valence-electron chi connectivity index (χ4n) is 0.368. The number of nitrogens with one attached hydrogen (secondary N) is 1. The van der Waals surface area contributed by atoms with E-state index < -0.39 is 12.3 Å². The number of carbonyl (C=O) groups excluding carboxylic acids is 1. The van der Waals surface area contributed by atoms with Crippen LogP contribution in [0.3, 0.4) is 0 Å². The van der Waals surface area contributed by atoms with Gasteiger partial charge in [-0.15, -0.1) is 0 Å². The van der Waals surface area contributed by atoms with E-state index in [2.05, 4.69) is 10.1 Å². The largest absolute Gasteiger partial charge is 0.466 e. The lowest BCUT2D eigenvalue weighted by Gasteiger charge is -2.00. The fraction of sp³-hybridized carbons (Fsp3) is 0.500. The number of aliphatic hydroxyl groups excluding tert-OH is 1. The van der Waals surface area contributed by atoms with Crippen LogP contribution < -0.4 is 5.32 Å². The standard InChI is InChI=1S/C6H11NO4/c1-11-6(10)2-3-7-4-5(8)9/h2-3,5,7-9H,4H2,1H3. The lowest BCUT2D eigenvalue weighted by atomic mass is 10.6. The van der Waals surface area contributed by atoms with Gasteiger partial charge in [-0.3, -0.25) is 0 Å². The number of ether oxygens (including phenoxy) is 1. The number of hydrogen-bond acceptors (Lipinski definition) is 5. The van der Waals surface area contributed by atoms with Gasteiger partial charge in [0.2, 0.25) is 0 Å². The van der Waals surface area contributed by atoms with Crippen LogP contribution >= 0.6 is 0 Å². The van der Waals surface area contributed by atoms with Crippen molar-refractivity contribution in [2.24, 2.45) is 0 Å². The molecule has 0 aliphatic heterocycles. The van der Waals surface area contributed by atoms with Gasteiger partial charge >= 0.3 is 5.97 Å². The molecule has 11 heavy (non-hydrogen) atoms. The maximum absolute atomic E-state index is 10.4. The number of carbonyl (C=O) groups is 1. The molecule has 5 heteroatoms. The Balaban J connectivity index is 3.37. The smallest absolute Gasteiger partial charge is 0.331 e. The monoisotopic (exact) mass is 161 g/mol.